The molecular weight excluding hydrogens is 292 g/mol. The van der Waals surface area contributed by atoms with E-state index in [-0.39, 0.29) is 25.2 Å². The number of ketones is 1. The summed E-state index contributed by atoms with van der Waals surface area (Å²) in [5.74, 6) is -1.40. The van der Waals surface area contributed by atoms with Gasteiger partial charge in [0.15, 0.2) is 0 Å². The molecule has 0 aromatic rings. The number of amides is 2. The van der Waals surface area contributed by atoms with Gasteiger partial charge in [-0.05, 0) is 27.7 Å². The molecule has 0 heterocycles. The molecule has 8 heteroatoms. The molecule has 22 heavy (non-hydrogen) atoms. The summed E-state index contributed by atoms with van der Waals surface area (Å²) < 4.78 is 9.38. The van der Waals surface area contributed by atoms with Gasteiger partial charge in [0.05, 0.1) is 7.11 Å². The normalized spacial score (nSPS) is 12.0. The van der Waals surface area contributed by atoms with E-state index in [0.29, 0.717) is 0 Å². The first kappa shape index (κ1) is 19.9. The first-order valence-corrected chi connectivity index (χ1v) is 6.91. The van der Waals surface area contributed by atoms with Crippen molar-refractivity contribution in [2.45, 2.75) is 52.2 Å². The monoisotopic (exact) mass is 316 g/mol. The van der Waals surface area contributed by atoms with Crippen LogP contribution in [-0.2, 0) is 23.9 Å². The van der Waals surface area contributed by atoms with Gasteiger partial charge in [-0.1, -0.05) is 0 Å². The molecule has 2 amide bonds. The zero-order valence-corrected chi connectivity index (χ0v) is 13.6. The van der Waals surface area contributed by atoms with Gasteiger partial charge >= 0.3 is 12.1 Å². The Hall–Kier alpha value is -2.12. The highest BCUT2D eigenvalue weighted by Gasteiger charge is 2.21. The third kappa shape index (κ3) is 9.73. The largest absolute Gasteiger partial charge is 0.469 e. The predicted octanol–water partition coefficient (Wildman–Crippen LogP) is 0.538. The van der Waals surface area contributed by atoms with Crippen LogP contribution in [0, 0.1) is 0 Å². The fourth-order valence-corrected chi connectivity index (χ4v) is 1.35. The Labute approximate surface area is 129 Å². The van der Waals surface area contributed by atoms with Crippen LogP contribution in [-0.4, -0.2) is 49.1 Å². The predicted molar refractivity (Wildman–Crippen MR) is 78.1 cm³/mol. The number of Topliss-reactive ketones (excluding diaryl/α,β-unsaturated/α-hetero) is 1. The van der Waals surface area contributed by atoms with Crippen LogP contribution >= 0.6 is 0 Å². The Morgan fingerprint density at radius 1 is 1.14 bits per heavy atom. The van der Waals surface area contributed by atoms with E-state index in [4.69, 9.17) is 4.74 Å². The number of hydrogen-bond donors (Lipinski definition) is 2. The number of hydrogen-bond acceptors (Lipinski definition) is 6. The van der Waals surface area contributed by atoms with Crippen LogP contribution in [0.3, 0.4) is 0 Å². The van der Waals surface area contributed by atoms with Crippen molar-refractivity contribution < 1.29 is 28.7 Å². The summed E-state index contributed by atoms with van der Waals surface area (Å²) in [6.45, 7) is 6.71. The highest BCUT2D eigenvalue weighted by Crippen LogP contribution is 2.06. The lowest BCUT2D eigenvalue weighted by molar-refractivity contribution is -0.143. The third-order valence-electron chi connectivity index (χ3n) is 2.40. The van der Waals surface area contributed by atoms with Gasteiger partial charge in [0.2, 0.25) is 5.91 Å². The van der Waals surface area contributed by atoms with Crippen LogP contribution in [0.1, 0.15) is 40.5 Å². The Bertz CT molecular complexity index is 428. The average molecular weight is 316 g/mol. The molecule has 0 aromatic carbocycles. The molecule has 0 saturated carbocycles. The molecule has 1 atom stereocenters. The minimum absolute atomic E-state index is 0.0139. The summed E-state index contributed by atoms with van der Waals surface area (Å²) in [6.07, 6.45) is -1.00. The van der Waals surface area contributed by atoms with Crippen LogP contribution in [0.2, 0.25) is 0 Å². The zero-order valence-electron chi connectivity index (χ0n) is 13.6. The maximum Gasteiger partial charge on any atom is 0.408 e. The highest BCUT2D eigenvalue weighted by molar-refractivity contribution is 5.95. The summed E-state index contributed by atoms with van der Waals surface area (Å²) in [7, 11) is 1.20. The Morgan fingerprint density at radius 3 is 2.23 bits per heavy atom. The number of rotatable bonds is 7. The van der Waals surface area contributed by atoms with Gasteiger partial charge in [0, 0.05) is 13.0 Å². The molecular formula is C14H24N2O6. The molecule has 8 nitrogen and oxygen atoms in total. The average Bonchev–Trinajstić information content (AvgIpc) is 2.35. The van der Waals surface area contributed by atoms with Gasteiger partial charge < -0.3 is 20.1 Å². The number of esters is 1. The molecule has 0 aromatic heterocycles. The first-order valence-electron chi connectivity index (χ1n) is 6.91. The van der Waals surface area contributed by atoms with E-state index in [2.05, 4.69) is 15.4 Å². The van der Waals surface area contributed by atoms with Crippen molar-refractivity contribution in [1.29, 1.82) is 0 Å². The molecule has 0 rings (SSSR count). The van der Waals surface area contributed by atoms with Gasteiger partial charge in [0.25, 0.3) is 0 Å². The van der Waals surface area contributed by atoms with Gasteiger partial charge in [-0.2, -0.15) is 0 Å². The quantitative estimate of drug-likeness (QED) is 0.524. The van der Waals surface area contributed by atoms with Crippen LogP contribution in [0.4, 0.5) is 4.79 Å². The van der Waals surface area contributed by atoms with Crippen LogP contribution in [0.5, 0.6) is 0 Å². The maximum absolute atomic E-state index is 11.7. The van der Waals surface area contributed by atoms with Gasteiger partial charge in [0.1, 0.15) is 23.8 Å². The molecule has 0 radical (unpaired) electrons. The third-order valence-corrected chi connectivity index (χ3v) is 2.40. The molecule has 0 fully saturated rings. The molecule has 0 aliphatic heterocycles. The summed E-state index contributed by atoms with van der Waals surface area (Å²) in [6, 6.07) is -0.800. The van der Waals surface area contributed by atoms with E-state index >= 15 is 0 Å². The lowest BCUT2D eigenvalue weighted by Crippen LogP contribution is -2.46. The van der Waals surface area contributed by atoms with Crippen molar-refractivity contribution in [3.8, 4) is 0 Å². The van der Waals surface area contributed by atoms with Crippen molar-refractivity contribution in [2.75, 3.05) is 13.7 Å². The number of ether oxygens (including phenoxy) is 2. The van der Waals surface area contributed by atoms with Gasteiger partial charge in [-0.15, -0.1) is 0 Å². The second-order valence-electron chi connectivity index (χ2n) is 5.70. The number of methoxy groups -OCH3 is 1. The fourth-order valence-electron chi connectivity index (χ4n) is 1.35. The van der Waals surface area contributed by atoms with Crippen LogP contribution in [0.15, 0.2) is 0 Å². The smallest absolute Gasteiger partial charge is 0.408 e. The molecule has 0 unspecified atom stereocenters. The lowest BCUT2D eigenvalue weighted by Gasteiger charge is -2.21. The minimum atomic E-state index is -0.800. The zero-order chi connectivity index (χ0) is 17.3. The first-order chi connectivity index (χ1) is 10.0. The standard InChI is InChI=1S/C14H24N2O6/c1-9(16-13(20)22-14(2,3)4)12(19)15-7-6-10(17)8-11(18)21-5/h9H,6-8H2,1-5H3,(H,15,19)(H,16,20)/t9-/m0/s1. The van der Waals surface area contributed by atoms with Crippen LogP contribution < -0.4 is 10.6 Å². The molecule has 0 aliphatic carbocycles. The fraction of sp³-hybridized carbons (Fsp3) is 0.714. The van der Waals surface area contributed by atoms with E-state index < -0.39 is 29.6 Å². The van der Waals surface area contributed by atoms with Crippen LogP contribution in [0.25, 0.3) is 0 Å². The SMILES string of the molecule is COC(=O)CC(=O)CCNC(=O)[C@H](C)NC(=O)OC(C)(C)C. The maximum atomic E-state index is 11.7. The summed E-state index contributed by atoms with van der Waals surface area (Å²) in [4.78, 5) is 45.4. The Balaban J connectivity index is 4.04. The molecule has 2 N–H and O–H groups in total. The van der Waals surface area contributed by atoms with E-state index in [1.54, 1.807) is 20.8 Å². The van der Waals surface area contributed by atoms with Gasteiger partial charge in [-0.3, -0.25) is 14.4 Å². The molecule has 0 saturated heterocycles. The summed E-state index contributed by atoms with van der Waals surface area (Å²) in [5.41, 5.74) is -0.652. The lowest BCUT2D eigenvalue weighted by atomic mass is 10.2. The number of alkyl carbamates (subject to hydrolysis) is 1. The molecule has 0 spiro atoms. The summed E-state index contributed by atoms with van der Waals surface area (Å²) >= 11 is 0. The molecule has 0 bridgehead atoms. The number of nitrogens with one attached hydrogen (secondary N) is 2. The number of carbonyl (C=O) groups is 4. The Kier molecular flexibility index (Phi) is 8.14. The van der Waals surface area contributed by atoms with Gasteiger partial charge in [-0.25, -0.2) is 4.79 Å². The van der Waals surface area contributed by atoms with Crippen molar-refractivity contribution in [1.82, 2.24) is 10.6 Å². The molecule has 0 aliphatic rings. The topological polar surface area (TPSA) is 111 Å². The minimum Gasteiger partial charge on any atom is -0.469 e. The number of carbonyl (C=O) groups excluding carboxylic acids is 4. The van der Waals surface area contributed by atoms with E-state index in [1.165, 1.54) is 14.0 Å². The van der Waals surface area contributed by atoms with Crippen molar-refractivity contribution >= 4 is 23.8 Å². The van der Waals surface area contributed by atoms with Crippen molar-refractivity contribution in [3.63, 3.8) is 0 Å². The summed E-state index contributed by atoms with van der Waals surface area (Å²) in [5, 5.41) is 4.87. The Morgan fingerprint density at radius 2 is 1.73 bits per heavy atom. The van der Waals surface area contributed by atoms with E-state index in [1.807, 2.05) is 0 Å². The second-order valence-corrected chi connectivity index (χ2v) is 5.70. The molecule has 126 valence electrons. The second kappa shape index (κ2) is 9.01. The van der Waals surface area contributed by atoms with E-state index in [9.17, 15) is 19.2 Å². The highest BCUT2D eigenvalue weighted by atomic mass is 16.6. The van der Waals surface area contributed by atoms with E-state index in [0.717, 1.165) is 0 Å². The van der Waals surface area contributed by atoms with Crippen molar-refractivity contribution in [3.05, 3.63) is 0 Å². The van der Waals surface area contributed by atoms with Crippen molar-refractivity contribution in [2.24, 2.45) is 0 Å².